The first-order valence-electron chi connectivity index (χ1n) is 9.67. The van der Waals surface area contributed by atoms with Gasteiger partial charge in [-0.2, -0.15) is 0 Å². The summed E-state index contributed by atoms with van der Waals surface area (Å²) in [6, 6.07) is -1.43. The molecule has 3 rings (SSSR count). The summed E-state index contributed by atoms with van der Waals surface area (Å²) in [6.45, 7) is 8.96. The van der Waals surface area contributed by atoms with Crippen LogP contribution in [0.2, 0.25) is 0 Å². The zero-order chi connectivity index (χ0) is 20.1. The predicted molar refractivity (Wildman–Crippen MR) is 95.5 cm³/mol. The molecule has 27 heavy (non-hydrogen) atoms. The first-order chi connectivity index (χ1) is 12.6. The largest absolute Gasteiger partial charge is 0.466 e. The number of carbonyl (C=O) groups excluding carboxylic acids is 3. The van der Waals surface area contributed by atoms with E-state index in [4.69, 9.17) is 9.47 Å². The van der Waals surface area contributed by atoms with Crippen molar-refractivity contribution in [2.24, 2.45) is 11.8 Å². The lowest BCUT2D eigenvalue weighted by Crippen LogP contribution is -2.60. The number of aliphatic hydroxyl groups is 1. The molecule has 152 valence electrons. The van der Waals surface area contributed by atoms with Crippen LogP contribution in [-0.2, 0) is 23.9 Å². The Morgan fingerprint density at radius 2 is 2.11 bits per heavy atom. The maximum absolute atomic E-state index is 13.3. The van der Waals surface area contributed by atoms with Crippen LogP contribution in [0.5, 0.6) is 0 Å². The maximum atomic E-state index is 13.3. The van der Waals surface area contributed by atoms with Crippen molar-refractivity contribution in [1.29, 1.82) is 0 Å². The molecule has 0 aliphatic carbocycles. The van der Waals surface area contributed by atoms with Crippen LogP contribution in [0.1, 0.15) is 47.5 Å². The van der Waals surface area contributed by atoms with E-state index in [-0.39, 0.29) is 25.0 Å². The Balaban J connectivity index is 2.02. The summed E-state index contributed by atoms with van der Waals surface area (Å²) in [7, 11) is 0. The van der Waals surface area contributed by atoms with Crippen molar-refractivity contribution in [3.05, 3.63) is 0 Å². The Kier molecular flexibility index (Phi) is 5.01. The second-order valence-electron chi connectivity index (χ2n) is 8.82. The predicted octanol–water partition coefficient (Wildman–Crippen LogP) is 0.220. The van der Waals surface area contributed by atoms with E-state index in [0.29, 0.717) is 12.8 Å². The number of fused-ring (bicyclic) bond motifs is 1. The summed E-state index contributed by atoms with van der Waals surface area (Å²) in [5.41, 5.74) is -1.53. The molecule has 6 atom stereocenters. The van der Waals surface area contributed by atoms with E-state index in [1.807, 2.05) is 20.8 Å². The molecular formula is C19H30N2O6. The van der Waals surface area contributed by atoms with Crippen LogP contribution in [0.4, 0.5) is 0 Å². The monoisotopic (exact) mass is 382 g/mol. The van der Waals surface area contributed by atoms with Gasteiger partial charge >= 0.3 is 5.97 Å². The molecule has 2 bridgehead atoms. The minimum atomic E-state index is -1.04. The number of hydrogen-bond acceptors (Lipinski definition) is 6. The van der Waals surface area contributed by atoms with E-state index >= 15 is 0 Å². The molecule has 0 aromatic heterocycles. The number of esters is 1. The minimum Gasteiger partial charge on any atom is -0.466 e. The van der Waals surface area contributed by atoms with E-state index in [2.05, 4.69) is 5.32 Å². The average Bonchev–Trinajstić information content (AvgIpc) is 3.20. The van der Waals surface area contributed by atoms with Crippen LogP contribution in [-0.4, -0.2) is 70.3 Å². The standard InChI is InChI=1S/C19H30N2O6/c1-6-26-17(25)12-11-7-8-19(27-11)13(12)16(24)21(10(2)9-22)14(19)15(23)20-18(3,4)5/h10-14,22H,6-9H2,1-5H3,(H,20,23)/t10-,11-,12+,13+,14-,19+/m1/s1. The van der Waals surface area contributed by atoms with Gasteiger partial charge < -0.3 is 24.8 Å². The highest BCUT2D eigenvalue weighted by atomic mass is 16.6. The molecule has 8 nitrogen and oxygen atoms in total. The second kappa shape index (κ2) is 6.74. The van der Waals surface area contributed by atoms with Gasteiger partial charge in [-0.15, -0.1) is 0 Å². The summed E-state index contributed by atoms with van der Waals surface area (Å²) in [4.78, 5) is 40.5. The molecule has 3 saturated heterocycles. The van der Waals surface area contributed by atoms with Crippen molar-refractivity contribution >= 4 is 17.8 Å². The number of amides is 2. The molecule has 3 aliphatic rings. The van der Waals surface area contributed by atoms with E-state index in [0.717, 1.165) is 0 Å². The zero-order valence-corrected chi connectivity index (χ0v) is 16.7. The maximum Gasteiger partial charge on any atom is 0.312 e. The molecular weight excluding hydrogens is 352 g/mol. The van der Waals surface area contributed by atoms with E-state index in [9.17, 15) is 19.5 Å². The molecule has 3 aliphatic heterocycles. The lowest BCUT2D eigenvalue weighted by molar-refractivity contribution is -0.155. The number of ether oxygens (including phenoxy) is 2. The summed E-state index contributed by atoms with van der Waals surface area (Å²) < 4.78 is 11.4. The van der Waals surface area contributed by atoms with Gasteiger partial charge in [0.05, 0.1) is 37.2 Å². The lowest BCUT2D eigenvalue weighted by Gasteiger charge is -2.37. The van der Waals surface area contributed by atoms with E-state index in [1.165, 1.54) is 4.90 Å². The highest BCUT2D eigenvalue weighted by Crippen LogP contribution is 2.58. The average molecular weight is 382 g/mol. The zero-order valence-electron chi connectivity index (χ0n) is 16.7. The third-order valence-electron chi connectivity index (χ3n) is 5.78. The second-order valence-corrected chi connectivity index (χ2v) is 8.82. The Morgan fingerprint density at radius 3 is 2.67 bits per heavy atom. The first-order valence-corrected chi connectivity index (χ1v) is 9.67. The van der Waals surface area contributed by atoms with Gasteiger partial charge in [0.25, 0.3) is 0 Å². The van der Waals surface area contributed by atoms with Gasteiger partial charge in [-0.1, -0.05) is 0 Å². The van der Waals surface area contributed by atoms with Crippen molar-refractivity contribution in [2.75, 3.05) is 13.2 Å². The summed E-state index contributed by atoms with van der Waals surface area (Å²) >= 11 is 0. The minimum absolute atomic E-state index is 0.223. The van der Waals surface area contributed by atoms with Crippen LogP contribution in [0.3, 0.4) is 0 Å². The highest BCUT2D eigenvalue weighted by Gasteiger charge is 2.75. The van der Waals surface area contributed by atoms with Gasteiger partial charge in [-0.3, -0.25) is 14.4 Å². The number of aliphatic hydroxyl groups excluding tert-OH is 1. The van der Waals surface area contributed by atoms with Gasteiger partial charge in [0, 0.05) is 5.54 Å². The lowest BCUT2D eigenvalue weighted by atomic mass is 9.70. The smallest absolute Gasteiger partial charge is 0.312 e. The van der Waals surface area contributed by atoms with Crippen molar-refractivity contribution in [3.63, 3.8) is 0 Å². The third kappa shape index (κ3) is 3.02. The van der Waals surface area contributed by atoms with Gasteiger partial charge in [0.15, 0.2) is 0 Å². The molecule has 2 N–H and O–H groups in total. The van der Waals surface area contributed by atoms with Gasteiger partial charge in [0.1, 0.15) is 11.6 Å². The van der Waals surface area contributed by atoms with E-state index < -0.39 is 47.1 Å². The quantitative estimate of drug-likeness (QED) is 0.659. The fourth-order valence-corrected chi connectivity index (χ4v) is 4.90. The fraction of sp³-hybridized carbons (Fsp3) is 0.842. The van der Waals surface area contributed by atoms with Crippen LogP contribution in [0, 0.1) is 11.8 Å². The van der Waals surface area contributed by atoms with Crippen molar-refractivity contribution in [2.45, 2.75) is 76.8 Å². The Labute approximate surface area is 159 Å². The van der Waals surface area contributed by atoms with Crippen molar-refractivity contribution in [1.82, 2.24) is 10.2 Å². The number of rotatable bonds is 5. The highest BCUT2D eigenvalue weighted by molar-refractivity contribution is 5.98. The summed E-state index contributed by atoms with van der Waals surface area (Å²) in [6.07, 6.45) is 0.726. The number of hydrogen-bond donors (Lipinski definition) is 2. The molecule has 3 heterocycles. The number of nitrogens with one attached hydrogen (secondary N) is 1. The molecule has 0 aromatic carbocycles. The molecule has 0 saturated carbocycles. The molecule has 3 fully saturated rings. The van der Waals surface area contributed by atoms with Gasteiger partial charge in [-0.05, 0) is 47.5 Å². The summed E-state index contributed by atoms with van der Waals surface area (Å²) in [5, 5.41) is 12.6. The van der Waals surface area contributed by atoms with Gasteiger partial charge in [0.2, 0.25) is 11.8 Å². The number of likely N-dealkylation sites (tertiary alicyclic amines) is 1. The topological polar surface area (TPSA) is 105 Å². The fourth-order valence-electron chi connectivity index (χ4n) is 4.90. The summed E-state index contributed by atoms with van der Waals surface area (Å²) in [5.74, 6) is -2.53. The van der Waals surface area contributed by atoms with Crippen LogP contribution in [0.15, 0.2) is 0 Å². The van der Waals surface area contributed by atoms with Crippen LogP contribution in [0.25, 0.3) is 0 Å². The molecule has 8 heteroatoms. The molecule has 0 unspecified atom stereocenters. The van der Waals surface area contributed by atoms with E-state index in [1.54, 1.807) is 13.8 Å². The van der Waals surface area contributed by atoms with Crippen molar-refractivity contribution < 1.29 is 29.0 Å². The molecule has 0 aromatic rings. The van der Waals surface area contributed by atoms with Crippen molar-refractivity contribution in [3.8, 4) is 0 Å². The van der Waals surface area contributed by atoms with Crippen LogP contribution < -0.4 is 5.32 Å². The Hall–Kier alpha value is -1.67. The Bertz CT molecular complexity index is 645. The number of carbonyl (C=O) groups is 3. The molecule has 0 radical (unpaired) electrons. The van der Waals surface area contributed by atoms with Gasteiger partial charge in [-0.25, -0.2) is 0 Å². The SMILES string of the molecule is CCOC(=O)[C@@H]1[C@H]2C(=O)N([C@H](C)CO)[C@H](C(=O)NC(C)(C)C)[C@]23CC[C@H]1O3. The molecule has 2 amide bonds. The normalized spacial score (nSPS) is 35.9. The third-order valence-corrected chi connectivity index (χ3v) is 5.78. The molecule has 1 spiro atoms. The first kappa shape index (κ1) is 20.1. The van der Waals surface area contributed by atoms with Crippen LogP contribution >= 0.6 is 0 Å². The Morgan fingerprint density at radius 1 is 1.44 bits per heavy atom. The number of nitrogens with zero attached hydrogens (tertiary/aromatic N) is 1.